The van der Waals surface area contributed by atoms with Crippen LogP contribution in [0.2, 0.25) is 0 Å². The molecule has 0 bridgehead atoms. The SMILES string of the molecule is NC(=O)C(=O)C(Cc1ccccc1)c1cccc(C(N)=O)c1-c1ccc(CN2CCCCC2)cc1. The van der Waals surface area contributed by atoms with Crippen molar-refractivity contribution >= 4 is 17.6 Å². The van der Waals surface area contributed by atoms with Crippen molar-refractivity contribution in [1.82, 2.24) is 4.90 Å². The topological polar surface area (TPSA) is 106 Å². The summed E-state index contributed by atoms with van der Waals surface area (Å²) in [4.78, 5) is 39.8. The molecule has 0 aliphatic carbocycles. The summed E-state index contributed by atoms with van der Waals surface area (Å²) in [5, 5.41) is 0. The van der Waals surface area contributed by atoms with E-state index in [-0.39, 0.29) is 6.42 Å². The molecule has 3 aromatic carbocycles. The highest BCUT2D eigenvalue weighted by Gasteiger charge is 2.29. The lowest BCUT2D eigenvalue weighted by atomic mass is 9.81. The third kappa shape index (κ3) is 5.84. The van der Waals surface area contributed by atoms with E-state index in [1.54, 1.807) is 18.2 Å². The number of hydrogen-bond donors (Lipinski definition) is 2. The molecule has 6 nitrogen and oxygen atoms in total. The molecule has 1 aliphatic rings. The number of benzene rings is 3. The Morgan fingerprint density at radius 3 is 2.09 bits per heavy atom. The number of hydrogen-bond acceptors (Lipinski definition) is 4. The number of nitrogens with two attached hydrogens (primary N) is 2. The number of ketones is 1. The van der Waals surface area contributed by atoms with E-state index in [9.17, 15) is 14.4 Å². The average molecular weight is 470 g/mol. The summed E-state index contributed by atoms with van der Waals surface area (Å²) in [6.45, 7) is 3.08. The fourth-order valence-electron chi connectivity index (χ4n) is 4.91. The first-order valence-corrected chi connectivity index (χ1v) is 12.1. The van der Waals surface area contributed by atoms with Crippen LogP contribution in [0.1, 0.15) is 52.2 Å². The van der Waals surface area contributed by atoms with E-state index in [0.29, 0.717) is 16.7 Å². The Hall–Kier alpha value is -3.77. The minimum Gasteiger partial charge on any atom is -0.366 e. The molecule has 2 amide bonds. The quantitative estimate of drug-likeness (QED) is 0.465. The third-order valence-electron chi connectivity index (χ3n) is 6.68. The van der Waals surface area contributed by atoms with Crippen LogP contribution in [0.4, 0.5) is 0 Å². The maximum atomic E-state index is 13.0. The molecule has 1 aliphatic heterocycles. The van der Waals surface area contributed by atoms with E-state index in [1.807, 2.05) is 54.6 Å². The van der Waals surface area contributed by atoms with Gasteiger partial charge >= 0.3 is 0 Å². The predicted molar refractivity (Wildman–Crippen MR) is 137 cm³/mol. The van der Waals surface area contributed by atoms with Crippen molar-refractivity contribution in [1.29, 1.82) is 0 Å². The van der Waals surface area contributed by atoms with Crippen LogP contribution in [0.5, 0.6) is 0 Å². The van der Waals surface area contributed by atoms with Gasteiger partial charge in [-0.05, 0) is 66.2 Å². The Morgan fingerprint density at radius 2 is 1.46 bits per heavy atom. The first-order chi connectivity index (χ1) is 16.9. The van der Waals surface area contributed by atoms with Crippen LogP contribution in [0.3, 0.4) is 0 Å². The lowest BCUT2D eigenvalue weighted by Gasteiger charge is -2.26. The minimum absolute atomic E-state index is 0.283. The second-order valence-electron chi connectivity index (χ2n) is 9.14. The standard InChI is InChI=1S/C29H31N3O3/c30-28(34)24-11-7-10-23(25(27(33)29(31)35)18-20-8-3-1-4-9-20)26(24)22-14-12-21(13-15-22)19-32-16-5-2-6-17-32/h1,3-4,7-15,25H,2,5-6,16-19H2,(H2,30,34)(H2,31,35). The summed E-state index contributed by atoms with van der Waals surface area (Å²) < 4.78 is 0. The van der Waals surface area contributed by atoms with Crippen molar-refractivity contribution in [2.45, 2.75) is 38.1 Å². The molecule has 35 heavy (non-hydrogen) atoms. The van der Waals surface area contributed by atoms with Gasteiger partial charge in [0.1, 0.15) is 0 Å². The maximum Gasteiger partial charge on any atom is 0.285 e. The molecule has 1 heterocycles. The second-order valence-corrected chi connectivity index (χ2v) is 9.14. The van der Waals surface area contributed by atoms with Crippen LogP contribution in [0.25, 0.3) is 11.1 Å². The van der Waals surface area contributed by atoms with Crippen molar-refractivity contribution in [3.8, 4) is 11.1 Å². The predicted octanol–water partition coefficient (Wildman–Crippen LogP) is 3.82. The van der Waals surface area contributed by atoms with E-state index < -0.39 is 23.5 Å². The van der Waals surface area contributed by atoms with Crippen molar-refractivity contribution in [3.05, 3.63) is 95.1 Å². The van der Waals surface area contributed by atoms with E-state index >= 15 is 0 Å². The number of Topliss-reactive ketones (excluding diaryl/α,β-unsaturated/α-hetero) is 1. The second kappa shape index (κ2) is 11.1. The lowest BCUT2D eigenvalue weighted by molar-refractivity contribution is -0.136. The normalized spacial score (nSPS) is 14.9. The highest BCUT2D eigenvalue weighted by molar-refractivity contribution is 6.38. The van der Waals surface area contributed by atoms with Gasteiger partial charge in [0.15, 0.2) is 0 Å². The molecule has 0 saturated carbocycles. The largest absolute Gasteiger partial charge is 0.366 e. The number of piperidine rings is 1. The minimum atomic E-state index is -1.00. The molecule has 1 fully saturated rings. The third-order valence-corrected chi connectivity index (χ3v) is 6.68. The Balaban J connectivity index is 1.75. The van der Waals surface area contributed by atoms with Gasteiger partial charge in [0.05, 0.1) is 5.92 Å². The van der Waals surface area contributed by atoms with Gasteiger partial charge in [-0.3, -0.25) is 19.3 Å². The number of rotatable bonds is 9. The van der Waals surface area contributed by atoms with E-state index in [2.05, 4.69) is 4.90 Å². The fourth-order valence-corrected chi connectivity index (χ4v) is 4.91. The van der Waals surface area contributed by atoms with Crippen molar-refractivity contribution in [2.24, 2.45) is 11.5 Å². The molecule has 4 N–H and O–H groups in total. The van der Waals surface area contributed by atoms with Gasteiger partial charge in [-0.1, -0.05) is 73.2 Å². The van der Waals surface area contributed by atoms with Crippen LogP contribution >= 0.6 is 0 Å². The van der Waals surface area contributed by atoms with Gasteiger partial charge in [0.2, 0.25) is 11.7 Å². The van der Waals surface area contributed by atoms with Crippen molar-refractivity contribution in [2.75, 3.05) is 13.1 Å². The number of carbonyl (C=O) groups excluding carboxylic acids is 3. The molecule has 4 rings (SSSR count). The monoisotopic (exact) mass is 469 g/mol. The van der Waals surface area contributed by atoms with Crippen molar-refractivity contribution < 1.29 is 14.4 Å². The first kappa shape index (κ1) is 24.4. The molecular formula is C29H31N3O3. The first-order valence-electron chi connectivity index (χ1n) is 12.1. The van der Waals surface area contributed by atoms with Crippen LogP contribution in [0.15, 0.2) is 72.8 Å². The highest BCUT2D eigenvalue weighted by Crippen LogP contribution is 2.35. The highest BCUT2D eigenvalue weighted by atomic mass is 16.2. The molecule has 0 aromatic heterocycles. The maximum absolute atomic E-state index is 13.0. The van der Waals surface area contributed by atoms with Gasteiger partial charge in [-0.25, -0.2) is 0 Å². The van der Waals surface area contributed by atoms with Crippen LogP contribution in [0, 0.1) is 0 Å². The summed E-state index contributed by atoms with van der Waals surface area (Å²) in [6.07, 6.45) is 4.02. The summed E-state index contributed by atoms with van der Waals surface area (Å²) in [6, 6.07) is 22.6. The summed E-state index contributed by atoms with van der Waals surface area (Å²) in [5.41, 5.74) is 15.5. The summed E-state index contributed by atoms with van der Waals surface area (Å²) in [5.74, 6) is -3.13. The van der Waals surface area contributed by atoms with Crippen LogP contribution in [-0.2, 0) is 22.6 Å². The molecule has 180 valence electrons. The molecule has 0 radical (unpaired) electrons. The van der Waals surface area contributed by atoms with E-state index in [4.69, 9.17) is 11.5 Å². The smallest absolute Gasteiger partial charge is 0.285 e. The van der Waals surface area contributed by atoms with Crippen molar-refractivity contribution in [3.63, 3.8) is 0 Å². The number of amides is 2. The number of primary amides is 2. The average Bonchev–Trinajstić information content (AvgIpc) is 2.88. The Bertz CT molecular complexity index is 1200. The number of likely N-dealkylation sites (tertiary alicyclic amines) is 1. The zero-order chi connectivity index (χ0) is 24.8. The van der Waals surface area contributed by atoms with Gasteiger partial charge in [0.25, 0.3) is 5.91 Å². The molecular weight excluding hydrogens is 438 g/mol. The van der Waals surface area contributed by atoms with E-state index in [0.717, 1.165) is 30.8 Å². The molecule has 0 spiro atoms. The number of nitrogens with zero attached hydrogens (tertiary/aromatic N) is 1. The lowest BCUT2D eigenvalue weighted by Crippen LogP contribution is -2.30. The van der Waals surface area contributed by atoms with Gasteiger partial charge in [0, 0.05) is 12.1 Å². The molecule has 6 heteroatoms. The zero-order valence-electron chi connectivity index (χ0n) is 19.8. The summed E-state index contributed by atoms with van der Waals surface area (Å²) >= 11 is 0. The molecule has 1 atom stereocenters. The number of carbonyl (C=O) groups is 3. The molecule has 3 aromatic rings. The summed E-state index contributed by atoms with van der Waals surface area (Å²) in [7, 11) is 0. The zero-order valence-corrected chi connectivity index (χ0v) is 19.8. The molecule has 1 saturated heterocycles. The van der Waals surface area contributed by atoms with Crippen LogP contribution < -0.4 is 11.5 Å². The Kier molecular flexibility index (Phi) is 7.73. The fraction of sp³-hybridized carbons (Fsp3) is 0.276. The van der Waals surface area contributed by atoms with Gasteiger partial charge < -0.3 is 11.5 Å². The van der Waals surface area contributed by atoms with Gasteiger partial charge in [-0.15, -0.1) is 0 Å². The molecule has 1 unspecified atom stereocenters. The Labute approximate surface area is 205 Å². The van der Waals surface area contributed by atoms with Gasteiger partial charge in [-0.2, -0.15) is 0 Å². The van der Waals surface area contributed by atoms with Crippen LogP contribution in [-0.4, -0.2) is 35.6 Å². The van der Waals surface area contributed by atoms with E-state index in [1.165, 1.54) is 24.8 Å². The Morgan fingerprint density at radius 1 is 0.771 bits per heavy atom.